The van der Waals surface area contributed by atoms with Gasteiger partial charge in [0.1, 0.15) is 11.5 Å². The number of hydrogen-bond acceptors (Lipinski definition) is 3. The van der Waals surface area contributed by atoms with Gasteiger partial charge >= 0.3 is 0 Å². The fourth-order valence-corrected chi connectivity index (χ4v) is 0.777. The Morgan fingerprint density at radius 3 is 2.92 bits per heavy atom. The van der Waals surface area contributed by atoms with Crippen molar-refractivity contribution < 1.29 is 4.39 Å². The zero-order valence-corrected chi connectivity index (χ0v) is 6.34. The second-order valence-corrected chi connectivity index (χ2v) is 2.21. The Bertz CT molecular complexity index is 333. The summed E-state index contributed by atoms with van der Waals surface area (Å²) in [4.78, 5) is 3.65. The Hall–Kier alpha value is -1.71. The van der Waals surface area contributed by atoms with Crippen LogP contribution in [0.25, 0.3) is 0 Å². The Morgan fingerprint density at radius 1 is 1.75 bits per heavy atom. The molecule has 3 nitrogen and oxygen atoms in total. The SMILES string of the molecule is C=CC(=N)c1ncc(F)cc1N. The van der Waals surface area contributed by atoms with Crippen molar-refractivity contribution in [3.63, 3.8) is 0 Å². The lowest BCUT2D eigenvalue weighted by atomic mass is 10.2. The predicted molar refractivity (Wildman–Crippen MR) is 45.6 cm³/mol. The summed E-state index contributed by atoms with van der Waals surface area (Å²) in [6, 6.07) is 1.13. The van der Waals surface area contributed by atoms with Gasteiger partial charge in [0, 0.05) is 6.07 Å². The van der Waals surface area contributed by atoms with Crippen molar-refractivity contribution in [1.29, 1.82) is 5.41 Å². The summed E-state index contributed by atoms with van der Waals surface area (Å²) in [5.74, 6) is -0.506. The molecule has 0 aromatic carbocycles. The fraction of sp³-hybridized carbons (Fsp3) is 0. The molecular formula is C8H8FN3. The topological polar surface area (TPSA) is 62.8 Å². The molecule has 4 heteroatoms. The number of nitrogens with one attached hydrogen (secondary N) is 1. The van der Waals surface area contributed by atoms with Gasteiger partial charge in [0.2, 0.25) is 0 Å². The lowest BCUT2D eigenvalue weighted by molar-refractivity contribution is 0.622. The maximum Gasteiger partial charge on any atom is 0.143 e. The van der Waals surface area contributed by atoms with Gasteiger partial charge in [0.05, 0.1) is 17.6 Å². The lowest BCUT2D eigenvalue weighted by Gasteiger charge is -2.01. The van der Waals surface area contributed by atoms with E-state index in [1.807, 2.05) is 0 Å². The average molecular weight is 165 g/mol. The van der Waals surface area contributed by atoms with Crippen molar-refractivity contribution in [2.24, 2.45) is 0 Å². The number of aromatic nitrogens is 1. The van der Waals surface area contributed by atoms with Crippen LogP contribution in [0.15, 0.2) is 24.9 Å². The van der Waals surface area contributed by atoms with Gasteiger partial charge in [0.25, 0.3) is 0 Å². The molecule has 0 saturated carbocycles. The van der Waals surface area contributed by atoms with E-state index in [0.29, 0.717) is 0 Å². The van der Waals surface area contributed by atoms with Gasteiger partial charge in [-0.15, -0.1) is 0 Å². The Kier molecular flexibility index (Phi) is 2.19. The molecule has 1 aromatic rings. The molecule has 0 saturated heterocycles. The van der Waals surface area contributed by atoms with E-state index in [1.165, 1.54) is 6.08 Å². The number of nitrogens with two attached hydrogens (primary N) is 1. The summed E-state index contributed by atoms with van der Waals surface area (Å²) in [6.45, 7) is 3.39. The minimum absolute atomic E-state index is 0.0903. The van der Waals surface area contributed by atoms with Gasteiger partial charge < -0.3 is 5.73 Å². The number of pyridine rings is 1. The summed E-state index contributed by atoms with van der Waals surface area (Å²) in [7, 11) is 0. The van der Waals surface area contributed by atoms with Gasteiger partial charge in [-0.1, -0.05) is 6.58 Å². The van der Waals surface area contributed by atoms with Crippen LogP contribution in [-0.4, -0.2) is 10.7 Å². The zero-order valence-electron chi connectivity index (χ0n) is 6.34. The molecule has 0 aliphatic carbocycles. The molecule has 1 aromatic heterocycles. The third kappa shape index (κ3) is 1.47. The highest BCUT2D eigenvalue weighted by Gasteiger charge is 2.04. The Balaban J connectivity index is 3.18. The van der Waals surface area contributed by atoms with Crippen molar-refractivity contribution in [1.82, 2.24) is 4.98 Å². The molecule has 0 aliphatic heterocycles. The highest BCUT2D eigenvalue weighted by Crippen LogP contribution is 2.10. The number of rotatable bonds is 2. The van der Waals surface area contributed by atoms with Crippen molar-refractivity contribution in [3.8, 4) is 0 Å². The second kappa shape index (κ2) is 3.13. The number of nitrogens with zero attached hydrogens (tertiary/aromatic N) is 1. The highest BCUT2D eigenvalue weighted by atomic mass is 19.1. The van der Waals surface area contributed by atoms with Crippen LogP contribution in [0.3, 0.4) is 0 Å². The molecule has 0 atom stereocenters. The number of nitrogen functional groups attached to an aromatic ring is 1. The molecule has 0 bridgehead atoms. The van der Waals surface area contributed by atoms with Crippen LogP contribution in [0.2, 0.25) is 0 Å². The first-order valence-corrected chi connectivity index (χ1v) is 3.27. The van der Waals surface area contributed by atoms with Crippen LogP contribution in [0.5, 0.6) is 0 Å². The molecule has 0 radical (unpaired) electrons. The number of anilines is 1. The first kappa shape index (κ1) is 8.39. The van der Waals surface area contributed by atoms with E-state index in [-0.39, 0.29) is 17.1 Å². The molecule has 3 N–H and O–H groups in total. The molecule has 0 spiro atoms. The minimum Gasteiger partial charge on any atom is -0.397 e. The average Bonchev–Trinajstić information content (AvgIpc) is 2.03. The Morgan fingerprint density at radius 2 is 2.42 bits per heavy atom. The molecule has 0 unspecified atom stereocenters. The third-order valence-corrected chi connectivity index (χ3v) is 1.34. The van der Waals surface area contributed by atoms with E-state index < -0.39 is 5.82 Å². The maximum absolute atomic E-state index is 12.5. The van der Waals surface area contributed by atoms with E-state index in [9.17, 15) is 4.39 Å². The molecule has 0 aliphatic rings. The van der Waals surface area contributed by atoms with E-state index >= 15 is 0 Å². The number of allylic oxidation sites excluding steroid dienone is 1. The van der Waals surface area contributed by atoms with Crippen LogP contribution < -0.4 is 5.73 Å². The first-order valence-electron chi connectivity index (χ1n) is 3.27. The predicted octanol–water partition coefficient (Wildman–Crippen LogP) is 1.36. The molecule has 1 rings (SSSR count). The van der Waals surface area contributed by atoms with Gasteiger partial charge in [-0.25, -0.2) is 9.37 Å². The summed E-state index contributed by atoms with van der Waals surface area (Å²) >= 11 is 0. The molecule has 0 amide bonds. The van der Waals surface area contributed by atoms with E-state index in [1.54, 1.807) is 0 Å². The normalized spacial score (nSPS) is 9.42. The van der Waals surface area contributed by atoms with Gasteiger partial charge in [-0.05, 0) is 6.08 Å². The number of hydrogen-bond donors (Lipinski definition) is 2. The Labute approximate surface area is 69.2 Å². The summed E-state index contributed by atoms with van der Waals surface area (Å²) in [5.41, 5.74) is 5.91. The molecule has 12 heavy (non-hydrogen) atoms. The van der Waals surface area contributed by atoms with Crippen molar-refractivity contribution in [3.05, 3.63) is 36.4 Å². The first-order chi connectivity index (χ1) is 5.65. The maximum atomic E-state index is 12.5. The molecule has 1 heterocycles. The molecule has 62 valence electrons. The second-order valence-electron chi connectivity index (χ2n) is 2.21. The van der Waals surface area contributed by atoms with E-state index in [0.717, 1.165) is 12.3 Å². The minimum atomic E-state index is -0.506. The summed E-state index contributed by atoms with van der Waals surface area (Å²) in [6.07, 6.45) is 2.32. The van der Waals surface area contributed by atoms with Crippen LogP contribution in [-0.2, 0) is 0 Å². The third-order valence-electron chi connectivity index (χ3n) is 1.34. The van der Waals surface area contributed by atoms with Gasteiger partial charge in [-0.2, -0.15) is 0 Å². The van der Waals surface area contributed by atoms with Crippen LogP contribution >= 0.6 is 0 Å². The smallest absolute Gasteiger partial charge is 0.143 e. The fourth-order valence-electron chi connectivity index (χ4n) is 0.777. The zero-order chi connectivity index (χ0) is 9.14. The molecule has 0 fully saturated rings. The number of halogens is 1. The quantitative estimate of drug-likeness (QED) is 0.650. The van der Waals surface area contributed by atoms with Crippen molar-refractivity contribution in [2.45, 2.75) is 0 Å². The van der Waals surface area contributed by atoms with Crippen LogP contribution in [0.1, 0.15) is 5.69 Å². The van der Waals surface area contributed by atoms with E-state index in [2.05, 4.69) is 11.6 Å². The van der Waals surface area contributed by atoms with Gasteiger partial charge in [0.15, 0.2) is 0 Å². The molecular weight excluding hydrogens is 157 g/mol. The van der Waals surface area contributed by atoms with Crippen molar-refractivity contribution in [2.75, 3.05) is 5.73 Å². The standard InChI is InChI=1S/C8H8FN3/c1-2-6(10)8-7(11)3-5(9)4-12-8/h2-4,10H,1,11H2. The van der Waals surface area contributed by atoms with Crippen LogP contribution in [0, 0.1) is 11.2 Å². The monoisotopic (exact) mass is 165 g/mol. The highest BCUT2D eigenvalue weighted by molar-refractivity contribution is 6.07. The largest absolute Gasteiger partial charge is 0.397 e. The summed E-state index contributed by atoms with van der Waals surface area (Å²) < 4.78 is 12.5. The lowest BCUT2D eigenvalue weighted by Crippen LogP contribution is -2.04. The summed E-state index contributed by atoms with van der Waals surface area (Å²) in [5, 5.41) is 7.31. The van der Waals surface area contributed by atoms with Crippen molar-refractivity contribution >= 4 is 11.4 Å². The van der Waals surface area contributed by atoms with E-state index in [4.69, 9.17) is 11.1 Å². The van der Waals surface area contributed by atoms with Crippen LogP contribution in [0.4, 0.5) is 10.1 Å². The van der Waals surface area contributed by atoms with Gasteiger partial charge in [-0.3, -0.25) is 5.41 Å².